The lowest BCUT2D eigenvalue weighted by Crippen LogP contribution is -2.44. The maximum Gasteiger partial charge on any atom is 0.326 e. The summed E-state index contributed by atoms with van der Waals surface area (Å²) in [6.07, 6.45) is 5.18. The van der Waals surface area contributed by atoms with E-state index in [1.807, 2.05) is 0 Å². The third-order valence-corrected chi connectivity index (χ3v) is 8.10. The highest BCUT2D eigenvalue weighted by molar-refractivity contribution is 7.80. The normalized spacial score (nSPS) is 34.8. The van der Waals surface area contributed by atoms with Gasteiger partial charge in [0.1, 0.15) is 6.04 Å². The van der Waals surface area contributed by atoms with Crippen LogP contribution >= 0.6 is 12.6 Å². The first kappa shape index (κ1) is 19.7. The average molecular weight is 408 g/mol. The number of anilines is 1. The third kappa shape index (κ3) is 2.86. The SMILES string of the molecule is C[C@]12CC[C@@H]3c4cc(O)c(O)c(N[C@@H](CS)C(=O)O)c4CC[C@H]3[C@@H]1CCC2O. The van der Waals surface area contributed by atoms with Gasteiger partial charge in [0.15, 0.2) is 11.5 Å². The number of aliphatic hydroxyl groups is 1. The van der Waals surface area contributed by atoms with Crippen molar-refractivity contribution in [1.29, 1.82) is 0 Å². The van der Waals surface area contributed by atoms with E-state index < -0.39 is 12.0 Å². The van der Waals surface area contributed by atoms with Crippen molar-refractivity contribution in [3.05, 3.63) is 17.2 Å². The molecule has 2 saturated carbocycles. The summed E-state index contributed by atoms with van der Waals surface area (Å²) in [6, 6.07) is 0.717. The Morgan fingerprint density at radius 2 is 2.07 bits per heavy atom. The standard InChI is InChI=1S/C21H29NO5S/c1-21-7-6-10-11(14(21)4-5-17(21)24)2-3-12-13(10)8-16(23)19(25)18(12)22-15(9-28)20(26)27/h8,10-11,14-15,17,22-25,28H,2-7,9H2,1H3,(H,26,27)/t10-,11+,14-,15-,17?,21-/m0/s1. The number of carbonyl (C=O) groups is 1. The van der Waals surface area contributed by atoms with Gasteiger partial charge < -0.3 is 25.7 Å². The number of aliphatic carboxylic acids is 1. The van der Waals surface area contributed by atoms with Crippen molar-refractivity contribution >= 4 is 24.3 Å². The second-order valence-electron chi connectivity index (χ2n) is 8.96. The molecule has 6 nitrogen and oxygen atoms in total. The zero-order valence-corrected chi connectivity index (χ0v) is 17.0. The number of rotatable bonds is 4. The summed E-state index contributed by atoms with van der Waals surface area (Å²) in [7, 11) is 0. The zero-order chi connectivity index (χ0) is 20.2. The summed E-state index contributed by atoms with van der Waals surface area (Å²) in [5.74, 6) is -0.311. The third-order valence-electron chi connectivity index (χ3n) is 7.74. The number of phenolic OH excluding ortho intramolecular Hbond substituents is 2. The summed E-state index contributed by atoms with van der Waals surface area (Å²) in [5, 5.41) is 43.6. The Morgan fingerprint density at radius 3 is 2.75 bits per heavy atom. The summed E-state index contributed by atoms with van der Waals surface area (Å²) in [4.78, 5) is 11.4. The molecule has 0 bridgehead atoms. The first-order valence-corrected chi connectivity index (χ1v) is 10.8. The van der Waals surface area contributed by atoms with E-state index in [4.69, 9.17) is 0 Å². The predicted molar refractivity (Wildman–Crippen MR) is 109 cm³/mol. The fraction of sp³-hybridized carbons (Fsp3) is 0.667. The molecule has 3 aliphatic carbocycles. The van der Waals surface area contributed by atoms with Gasteiger partial charge in [-0.05, 0) is 78.9 Å². The van der Waals surface area contributed by atoms with Crippen LogP contribution in [0.5, 0.6) is 11.5 Å². The minimum atomic E-state index is -1.05. The molecule has 7 heteroatoms. The number of aromatic hydroxyl groups is 2. The van der Waals surface area contributed by atoms with Crippen molar-refractivity contribution in [2.45, 2.75) is 63.5 Å². The molecule has 3 aliphatic rings. The molecule has 0 aliphatic heterocycles. The van der Waals surface area contributed by atoms with E-state index in [9.17, 15) is 25.2 Å². The van der Waals surface area contributed by atoms with E-state index in [-0.39, 0.29) is 34.7 Å². The second-order valence-corrected chi connectivity index (χ2v) is 9.32. The number of nitrogens with one attached hydrogen (secondary N) is 1. The largest absolute Gasteiger partial charge is 0.504 e. The minimum Gasteiger partial charge on any atom is -0.504 e. The molecule has 0 amide bonds. The molecule has 28 heavy (non-hydrogen) atoms. The minimum absolute atomic E-state index is 0.0286. The molecule has 5 N–H and O–H groups in total. The molecular formula is C21H29NO5S. The number of hydrogen-bond donors (Lipinski definition) is 6. The van der Waals surface area contributed by atoms with Crippen LogP contribution in [0.4, 0.5) is 5.69 Å². The number of thiol groups is 1. The molecule has 0 radical (unpaired) electrons. The summed E-state index contributed by atoms with van der Waals surface area (Å²) >= 11 is 4.09. The smallest absolute Gasteiger partial charge is 0.326 e. The van der Waals surface area contributed by atoms with E-state index in [0.717, 1.165) is 43.2 Å². The van der Waals surface area contributed by atoms with E-state index in [2.05, 4.69) is 24.9 Å². The van der Waals surface area contributed by atoms with Crippen molar-refractivity contribution in [3.8, 4) is 11.5 Å². The van der Waals surface area contributed by atoms with Gasteiger partial charge in [-0.15, -0.1) is 0 Å². The van der Waals surface area contributed by atoms with Crippen molar-refractivity contribution in [2.75, 3.05) is 11.1 Å². The average Bonchev–Trinajstić information content (AvgIpc) is 2.97. The second kappa shape index (κ2) is 7.02. The van der Waals surface area contributed by atoms with E-state index in [1.165, 1.54) is 0 Å². The number of aliphatic hydroxyl groups excluding tert-OH is 1. The van der Waals surface area contributed by atoms with E-state index in [0.29, 0.717) is 23.9 Å². The molecular weight excluding hydrogens is 378 g/mol. The Morgan fingerprint density at radius 1 is 1.32 bits per heavy atom. The Labute approximate surface area is 170 Å². The monoisotopic (exact) mass is 407 g/mol. The molecule has 1 aromatic rings. The molecule has 0 saturated heterocycles. The van der Waals surface area contributed by atoms with Crippen LogP contribution in [0.2, 0.25) is 0 Å². The Kier molecular flexibility index (Phi) is 4.94. The van der Waals surface area contributed by atoms with Crippen molar-refractivity contribution in [1.82, 2.24) is 0 Å². The van der Waals surface area contributed by atoms with Crippen LogP contribution in [-0.2, 0) is 11.2 Å². The van der Waals surface area contributed by atoms with Gasteiger partial charge in [0.05, 0.1) is 11.8 Å². The molecule has 0 spiro atoms. The molecule has 2 fully saturated rings. The highest BCUT2D eigenvalue weighted by Crippen LogP contribution is 2.62. The summed E-state index contributed by atoms with van der Waals surface area (Å²) in [6.45, 7) is 2.21. The summed E-state index contributed by atoms with van der Waals surface area (Å²) < 4.78 is 0. The number of carboxylic acid groups (broad SMARTS) is 1. The van der Waals surface area contributed by atoms with Crippen LogP contribution in [0, 0.1) is 17.3 Å². The van der Waals surface area contributed by atoms with Gasteiger partial charge in [-0.3, -0.25) is 0 Å². The molecule has 1 unspecified atom stereocenters. The van der Waals surface area contributed by atoms with Crippen LogP contribution in [-0.4, -0.2) is 44.3 Å². The molecule has 1 aromatic carbocycles. The first-order valence-electron chi connectivity index (χ1n) is 10.1. The van der Waals surface area contributed by atoms with Gasteiger partial charge in [0, 0.05) is 5.75 Å². The molecule has 6 atom stereocenters. The number of phenols is 2. The topological polar surface area (TPSA) is 110 Å². The molecule has 0 heterocycles. The highest BCUT2D eigenvalue weighted by Gasteiger charge is 2.54. The van der Waals surface area contributed by atoms with Gasteiger partial charge in [0.25, 0.3) is 0 Å². The first-order chi connectivity index (χ1) is 13.3. The lowest BCUT2D eigenvalue weighted by molar-refractivity contribution is -0.137. The van der Waals surface area contributed by atoms with Gasteiger partial charge in [0.2, 0.25) is 0 Å². The number of fused-ring (bicyclic) bond motifs is 5. The highest BCUT2D eigenvalue weighted by atomic mass is 32.1. The number of carboxylic acids is 1. The van der Waals surface area contributed by atoms with Crippen LogP contribution in [0.25, 0.3) is 0 Å². The Bertz CT molecular complexity index is 799. The van der Waals surface area contributed by atoms with Crippen molar-refractivity contribution in [3.63, 3.8) is 0 Å². The molecule has 154 valence electrons. The Hall–Kier alpha value is -1.60. The van der Waals surface area contributed by atoms with Crippen LogP contribution in [0.3, 0.4) is 0 Å². The quantitative estimate of drug-likeness (QED) is 0.338. The maximum absolute atomic E-state index is 11.4. The lowest BCUT2D eigenvalue weighted by Gasteiger charge is -2.50. The maximum atomic E-state index is 11.4. The van der Waals surface area contributed by atoms with Crippen molar-refractivity contribution < 1.29 is 25.2 Å². The molecule has 0 aromatic heterocycles. The molecule has 4 rings (SSSR count). The van der Waals surface area contributed by atoms with E-state index in [1.54, 1.807) is 6.07 Å². The van der Waals surface area contributed by atoms with Gasteiger partial charge in [-0.1, -0.05) is 6.92 Å². The van der Waals surface area contributed by atoms with Crippen LogP contribution in [0.1, 0.15) is 56.1 Å². The van der Waals surface area contributed by atoms with Crippen molar-refractivity contribution in [2.24, 2.45) is 17.3 Å². The number of hydrogen-bond acceptors (Lipinski definition) is 6. The van der Waals surface area contributed by atoms with Gasteiger partial charge >= 0.3 is 5.97 Å². The van der Waals surface area contributed by atoms with Crippen LogP contribution < -0.4 is 5.32 Å². The predicted octanol–water partition coefficient (Wildman–Crippen LogP) is 3.11. The fourth-order valence-electron chi connectivity index (χ4n) is 6.19. The number of benzene rings is 1. The Balaban J connectivity index is 1.73. The fourth-order valence-corrected chi connectivity index (χ4v) is 6.44. The zero-order valence-electron chi connectivity index (χ0n) is 16.1. The van der Waals surface area contributed by atoms with Gasteiger partial charge in [-0.25, -0.2) is 4.79 Å². The summed E-state index contributed by atoms with van der Waals surface area (Å²) in [5.41, 5.74) is 2.22. The van der Waals surface area contributed by atoms with E-state index >= 15 is 0 Å². The van der Waals surface area contributed by atoms with Gasteiger partial charge in [-0.2, -0.15) is 12.6 Å². The van der Waals surface area contributed by atoms with Crippen LogP contribution in [0.15, 0.2) is 6.07 Å². The lowest BCUT2D eigenvalue weighted by atomic mass is 9.55.